The highest BCUT2D eigenvalue weighted by Gasteiger charge is 2.23. The minimum absolute atomic E-state index is 0.288. The van der Waals surface area contributed by atoms with E-state index in [9.17, 15) is 4.79 Å². The molecule has 6 heteroatoms. The van der Waals surface area contributed by atoms with E-state index in [0.29, 0.717) is 18.2 Å². The van der Waals surface area contributed by atoms with Crippen molar-refractivity contribution in [2.24, 2.45) is 5.73 Å². The third kappa shape index (κ3) is 3.70. The Morgan fingerprint density at radius 1 is 1.38 bits per heavy atom. The fourth-order valence-electron chi connectivity index (χ4n) is 3.15. The van der Waals surface area contributed by atoms with Gasteiger partial charge in [-0.2, -0.15) is 0 Å². The van der Waals surface area contributed by atoms with E-state index in [0.717, 1.165) is 46.7 Å². The third-order valence-electron chi connectivity index (χ3n) is 4.45. The zero-order valence-corrected chi connectivity index (χ0v) is 15.3. The SMILES string of the molecule is CCOC(=O)c1cnc2ccc(Br)cc2c1N[C@H]1CC[C@H](N)CC1. The highest BCUT2D eigenvalue weighted by Crippen LogP contribution is 2.31. The number of pyridine rings is 1. The first kappa shape index (κ1) is 17.2. The van der Waals surface area contributed by atoms with Crippen molar-refractivity contribution in [3.63, 3.8) is 0 Å². The first-order chi connectivity index (χ1) is 11.6. The summed E-state index contributed by atoms with van der Waals surface area (Å²) < 4.78 is 6.15. The number of esters is 1. The molecule has 24 heavy (non-hydrogen) atoms. The number of ether oxygens (including phenoxy) is 1. The van der Waals surface area contributed by atoms with Crippen molar-refractivity contribution in [3.05, 3.63) is 34.4 Å². The molecule has 1 fully saturated rings. The van der Waals surface area contributed by atoms with E-state index < -0.39 is 0 Å². The van der Waals surface area contributed by atoms with Gasteiger partial charge in [0.1, 0.15) is 5.56 Å². The lowest BCUT2D eigenvalue weighted by Gasteiger charge is -2.28. The van der Waals surface area contributed by atoms with Gasteiger partial charge in [0.25, 0.3) is 0 Å². The molecular weight excluding hydrogens is 370 g/mol. The molecule has 1 saturated carbocycles. The van der Waals surface area contributed by atoms with Crippen molar-refractivity contribution in [2.45, 2.75) is 44.7 Å². The number of fused-ring (bicyclic) bond motifs is 1. The molecule has 0 unspecified atom stereocenters. The maximum absolute atomic E-state index is 12.4. The van der Waals surface area contributed by atoms with E-state index in [2.05, 4.69) is 26.2 Å². The molecule has 2 aromatic rings. The predicted octanol–water partition coefficient (Wildman–Crippen LogP) is 3.86. The minimum atomic E-state index is -0.345. The molecule has 5 nitrogen and oxygen atoms in total. The summed E-state index contributed by atoms with van der Waals surface area (Å²) in [5.41, 5.74) is 8.14. The van der Waals surface area contributed by atoms with Gasteiger partial charge in [-0.25, -0.2) is 4.79 Å². The van der Waals surface area contributed by atoms with Gasteiger partial charge in [-0.15, -0.1) is 0 Å². The van der Waals surface area contributed by atoms with Gasteiger partial charge >= 0.3 is 5.97 Å². The Balaban J connectivity index is 2.01. The molecule has 1 aliphatic carbocycles. The molecule has 1 aromatic carbocycles. The largest absolute Gasteiger partial charge is 0.462 e. The van der Waals surface area contributed by atoms with Crippen LogP contribution in [0.15, 0.2) is 28.9 Å². The van der Waals surface area contributed by atoms with Crippen molar-refractivity contribution in [1.82, 2.24) is 4.98 Å². The van der Waals surface area contributed by atoms with Crippen LogP contribution in [-0.4, -0.2) is 29.6 Å². The third-order valence-corrected chi connectivity index (χ3v) is 4.94. The summed E-state index contributed by atoms with van der Waals surface area (Å²) in [5.74, 6) is -0.345. The molecule has 1 aliphatic rings. The minimum Gasteiger partial charge on any atom is -0.462 e. The summed E-state index contributed by atoms with van der Waals surface area (Å²) in [6.45, 7) is 2.14. The number of aromatic nitrogens is 1. The summed E-state index contributed by atoms with van der Waals surface area (Å²) in [4.78, 5) is 16.8. The zero-order chi connectivity index (χ0) is 17.1. The van der Waals surface area contributed by atoms with Crippen molar-refractivity contribution in [2.75, 3.05) is 11.9 Å². The summed E-state index contributed by atoms with van der Waals surface area (Å²) in [7, 11) is 0. The summed E-state index contributed by atoms with van der Waals surface area (Å²) in [6, 6.07) is 6.47. The Labute approximate surface area is 150 Å². The van der Waals surface area contributed by atoms with Gasteiger partial charge in [-0.3, -0.25) is 4.98 Å². The molecule has 0 aliphatic heterocycles. The predicted molar refractivity (Wildman–Crippen MR) is 99.3 cm³/mol. The number of hydrogen-bond acceptors (Lipinski definition) is 5. The molecule has 0 spiro atoms. The number of carbonyl (C=O) groups is 1. The number of nitrogens with zero attached hydrogens (tertiary/aromatic N) is 1. The van der Waals surface area contributed by atoms with Gasteiger partial charge in [0, 0.05) is 28.1 Å². The Morgan fingerprint density at radius 3 is 2.83 bits per heavy atom. The lowest BCUT2D eigenvalue weighted by Crippen LogP contribution is -2.33. The standard InChI is InChI=1S/C18H22BrN3O2/c1-2-24-18(23)15-10-21-16-8-3-11(19)9-14(16)17(15)22-13-6-4-12(20)5-7-13/h3,8-10,12-13H,2,4-7,20H2,1H3,(H,21,22)/t12-,13-. The molecular formula is C18H22BrN3O2. The topological polar surface area (TPSA) is 77.2 Å². The Kier molecular flexibility index (Phi) is 5.36. The quantitative estimate of drug-likeness (QED) is 0.773. The van der Waals surface area contributed by atoms with Crippen LogP contribution in [0.2, 0.25) is 0 Å². The van der Waals surface area contributed by atoms with Crippen molar-refractivity contribution < 1.29 is 9.53 Å². The number of rotatable bonds is 4. The normalized spacial score (nSPS) is 20.8. The van der Waals surface area contributed by atoms with E-state index >= 15 is 0 Å². The van der Waals surface area contributed by atoms with E-state index in [4.69, 9.17) is 10.5 Å². The highest BCUT2D eigenvalue weighted by molar-refractivity contribution is 9.10. The summed E-state index contributed by atoms with van der Waals surface area (Å²) in [6.07, 6.45) is 5.60. The zero-order valence-electron chi connectivity index (χ0n) is 13.7. The van der Waals surface area contributed by atoms with Crippen molar-refractivity contribution in [1.29, 1.82) is 0 Å². The van der Waals surface area contributed by atoms with Gasteiger partial charge in [-0.05, 0) is 50.8 Å². The van der Waals surface area contributed by atoms with Crippen LogP contribution in [0.3, 0.4) is 0 Å². The van der Waals surface area contributed by atoms with Gasteiger partial charge in [0.05, 0.1) is 17.8 Å². The van der Waals surface area contributed by atoms with Crippen LogP contribution in [0.25, 0.3) is 10.9 Å². The second-order valence-corrected chi connectivity index (χ2v) is 7.10. The molecule has 3 rings (SSSR count). The van der Waals surface area contributed by atoms with Crippen LogP contribution in [0.4, 0.5) is 5.69 Å². The Bertz CT molecular complexity index is 742. The van der Waals surface area contributed by atoms with Gasteiger partial charge < -0.3 is 15.8 Å². The van der Waals surface area contributed by atoms with Gasteiger partial charge in [0.15, 0.2) is 0 Å². The van der Waals surface area contributed by atoms with E-state index in [1.807, 2.05) is 18.2 Å². The summed E-state index contributed by atoms with van der Waals surface area (Å²) >= 11 is 3.50. The molecule has 0 atom stereocenters. The van der Waals surface area contributed by atoms with E-state index in [-0.39, 0.29) is 12.0 Å². The van der Waals surface area contributed by atoms with Gasteiger partial charge in [0.2, 0.25) is 0 Å². The number of anilines is 1. The van der Waals surface area contributed by atoms with Crippen LogP contribution in [0.1, 0.15) is 43.0 Å². The van der Waals surface area contributed by atoms with Crippen LogP contribution < -0.4 is 11.1 Å². The number of benzene rings is 1. The fourth-order valence-corrected chi connectivity index (χ4v) is 3.51. The van der Waals surface area contributed by atoms with Crippen LogP contribution >= 0.6 is 15.9 Å². The number of carbonyl (C=O) groups excluding carboxylic acids is 1. The van der Waals surface area contributed by atoms with Crippen LogP contribution in [0, 0.1) is 0 Å². The number of nitrogens with one attached hydrogen (secondary N) is 1. The first-order valence-corrected chi connectivity index (χ1v) is 9.15. The smallest absolute Gasteiger partial charge is 0.341 e. The number of hydrogen-bond donors (Lipinski definition) is 2. The van der Waals surface area contributed by atoms with E-state index in [1.54, 1.807) is 13.1 Å². The van der Waals surface area contributed by atoms with E-state index in [1.165, 1.54) is 0 Å². The first-order valence-electron chi connectivity index (χ1n) is 8.36. The molecule has 0 radical (unpaired) electrons. The molecule has 0 saturated heterocycles. The van der Waals surface area contributed by atoms with Gasteiger partial charge in [-0.1, -0.05) is 15.9 Å². The van der Waals surface area contributed by atoms with Crippen LogP contribution in [0.5, 0.6) is 0 Å². The lowest BCUT2D eigenvalue weighted by molar-refractivity contribution is 0.0527. The molecule has 128 valence electrons. The molecule has 3 N–H and O–H groups in total. The number of nitrogens with two attached hydrogens (primary N) is 1. The number of halogens is 1. The van der Waals surface area contributed by atoms with Crippen LogP contribution in [-0.2, 0) is 4.74 Å². The van der Waals surface area contributed by atoms with Crippen molar-refractivity contribution >= 4 is 38.5 Å². The highest BCUT2D eigenvalue weighted by atomic mass is 79.9. The fraction of sp³-hybridized carbons (Fsp3) is 0.444. The lowest BCUT2D eigenvalue weighted by atomic mass is 9.91. The molecule has 1 aromatic heterocycles. The van der Waals surface area contributed by atoms with Crippen molar-refractivity contribution in [3.8, 4) is 0 Å². The molecule has 0 bridgehead atoms. The Hall–Kier alpha value is -1.66. The maximum atomic E-state index is 12.4. The average molecular weight is 392 g/mol. The second kappa shape index (κ2) is 7.49. The molecule has 1 heterocycles. The monoisotopic (exact) mass is 391 g/mol. The average Bonchev–Trinajstić information content (AvgIpc) is 2.57. The maximum Gasteiger partial charge on any atom is 0.341 e. The second-order valence-electron chi connectivity index (χ2n) is 6.18. The summed E-state index contributed by atoms with van der Waals surface area (Å²) in [5, 5.41) is 4.48. The Morgan fingerprint density at radius 2 is 2.12 bits per heavy atom. The molecule has 0 amide bonds.